The SMILES string of the molecule is CN1CCC[C@@H]1[C@@H]1CCCN1C(=O)c1cccc(Br)c1. The Morgan fingerprint density at radius 1 is 1.20 bits per heavy atom. The Balaban J connectivity index is 1.79. The first-order valence-corrected chi connectivity index (χ1v) is 8.23. The van der Waals surface area contributed by atoms with Crippen molar-refractivity contribution >= 4 is 21.8 Å². The second-order valence-electron chi connectivity index (χ2n) is 5.91. The molecule has 3 rings (SSSR count). The number of rotatable bonds is 2. The predicted molar refractivity (Wildman–Crippen MR) is 83.9 cm³/mol. The highest BCUT2D eigenvalue weighted by Gasteiger charge is 2.38. The van der Waals surface area contributed by atoms with Crippen molar-refractivity contribution in [2.45, 2.75) is 37.8 Å². The third kappa shape index (κ3) is 2.63. The maximum Gasteiger partial charge on any atom is 0.254 e. The van der Waals surface area contributed by atoms with E-state index in [1.165, 1.54) is 19.4 Å². The van der Waals surface area contributed by atoms with Gasteiger partial charge in [-0.25, -0.2) is 0 Å². The van der Waals surface area contributed by atoms with E-state index in [9.17, 15) is 4.79 Å². The van der Waals surface area contributed by atoms with Crippen molar-refractivity contribution in [3.63, 3.8) is 0 Å². The Morgan fingerprint density at radius 3 is 2.65 bits per heavy atom. The molecule has 0 unspecified atom stereocenters. The second kappa shape index (κ2) is 5.86. The van der Waals surface area contributed by atoms with Crippen LogP contribution in [0.25, 0.3) is 0 Å². The van der Waals surface area contributed by atoms with Gasteiger partial charge in [0.15, 0.2) is 0 Å². The number of likely N-dealkylation sites (tertiary alicyclic amines) is 2. The number of hydrogen-bond donors (Lipinski definition) is 0. The lowest BCUT2D eigenvalue weighted by atomic mass is 10.0. The Bertz CT molecular complexity index is 505. The maximum absolute atomic E-state index is 12.8. The first-order valence-electron chi connectivity index (χ1n) is 7.43. The molecule has 2 fully saturated rings. The zero-order valence-electron chi connectivity index (χ0n) is 11.9. The number of amides is 1. The first-order chi connectivity index (χ1) is 9.66. The van der Waals surface area contributed by atoms with E-state index in [4.69, 9.17) is 0 Å². The summed E-state index contributed by atoms with van der Waals surface area (Å²) in [4.78, 5) is 17.3. The highest BCUT2D eigenvalue weighted by molar-refractivity contribution is 9.10. The fourth-order valence-electron chi connectivity index (χ4n) is 3.65. The molecule has 2 saturated heterocycles. The Kier molecular flexibility index (Phi) is 4.13. The van der Waals surface area contributed by atoms with Crippen molar-refractivity contribution in [1.29, 1.82) is 0 Å². The molecule has 1 aromatic carbocycles. The quantitative estimate of drug-likeness (QED) is 0.828. The van der Waals surface area contributed by atoms with E-state index < -0.39 is 0 Å². The Hall–Kier alpha value is -0.870. The fourth-order valence-corrected chi connectivity index (χ4v) is 4.05. The van der Waals surface area contributed by atoms with Crippen LogP contribution in [-0.4, -0.2) is 47.9 Å². The van der Waals surface area contributed by atoms with Crippen LogP contribution < -0.4 is 0 Å². The maximum atomic E-state index is 12.8. The number of carbonyl (C=O) groups excluding carboxylic acids is 1. The molecule has 1 amide bonds. The minimum atomic E-state index is 0.189. The molecule has 0 bridgehead atoms. The van der Waals surface area contributed by atoms with Gasteiger partial charge in [-0.15, -0.1) is 0 Å². The molecule has 3 nitrogen and oxygen atoms in total. The van der Waals surface area contributed by atoms with Gasteiger partial charge in [-0.05, 0) is 57.5 Å². The number of carbonyl (C=O) groups is 1. The van der Waals surface area contributed by atoms with Gasteiger partial charge >= 0.3 is 0 Å². The van der Waals surface area contributed by atoms with E-state index in [0.29, 0.717) is 12.1 Å². The molecule has 2 aliphatic heterocycles. The fraction of sp³-hybridized carbons (Fsp3) is 0.562. The highest BCUT2D eigenvalue weighted by atomic mass is 79.9. The molecular formula is C16H21BrN2O. The van der Waals surface area contributed by atoms with Crippen LogP contribution >= 0.6 is 15.9 Å². The van der Waals surface area contributed by atoms with Crippen LogP contribution in [0.3, 0.4) is 0 Å². The molecule has 0 spiro atoms. The molecule has 1 aromatic rings. The number of benzene rings is 1. The van der Waals surface area contributed by atoms with Gasteiger partial charge in [0.05, 0.1) is 0 Å². The second-order valence-corrected chi connectivity index (χ2v) is 6.82. The lowest BCUT2D eigenvalue weighted by Gasteiger charge is -2.33. The lowest BCUT2D eigenvalue weighted by Crippen LogP contribution is -2.47. The summed E-state index contributed by atoms with van der Waals surface area (Å²) in [5.41, 5.74) is 0.798. The van der Waals surface area contributed by atoms with Crippen LogP contribution in [0.2, 0.25) is 0 Å². The highest BCUT2D eigenvalue weighted by Crippen LogP contribution is 2.30. The van der Waals surface area contributed by atoms with Crippen molar-refractivity contribution in [3.8, 4) is 0 Å². The normalized spacial score (nSPS) is 27.2. The van der Waals surface area contributed by atoms with Gasteiger partial charge in [0.2, 0.25) is 0 Å². The van der Waals surface area contributed by atoms with Gasteiger partial charge in [-0.2, -0.15) is 0 Å². The summed E-state index contributed by atoms with van der Waals surface area (Å²) in [6, 6.07) is 8.69. The van der Waals surface area contributed by atoms with Crippen molar-refractivity contribution in [2.75, 3.05) is 20.1 Å². The van der Waals surface area contributed by atoms with Gasteiger partial charge in [0, 0.05) is 28.7 Å². The van der Waals surface area contributed by atoms with Gasteiger partial charge in [-0.3, -0.25) is 4.79 Å². The first kappa shape index (κ1) is 14.1. The monoisotopic (exact) mass is 336 g/mol. The molecule has 2 atom stereocenters. The average Bonchev–Trinajstić information content (AvgIpc) is 3.06. The molecule has 0 radical (unpaired) electrons. The Labute approximate surface area is 129 Å². The summed E-state index contributed by atoms with van der Waals surface area (Å²) in [7, 11) is 2.19. The molecule has 0 saturated carbocycles. The van der Waals surface area contributed by atoms with E-state index in [1.54, 1.807) is 0 Å². The van der Waals surface area contributed by atoms with Gasteiger partial charge < -0.3 is 9.80 Å². The summed E-state index contributed by atoms with van der Waals surface area (Å²) in [5, 5.41) is 0. The summed E-state index contributed by atoms with van der Waals surface area (Å²) in [6.45, 7) is 2.07. The molecule has 0 N–H and O–H groups in total. The van der Waals surface area contributed by atoms with Gasteiger partial charge in [-0.1, -0.05) is 22.0 Å². The number of halogens is 1. The van der Waals surface area contributed by atoms with Crippen molar-refractivity contribution in [2.24, 2.45) is 0 Å². The van der Waals surface area contributed by atoms with E-state index in [-0.39, 0.29) is 5.91 Å². The Morgan fingerprint density at radius 2 is 1.95 bits per heavy atom. The molecule has 0 aromatic heterocycles. The minimum Gasteiger partial charge on any atom is -0.334 e. The zero-order valence-corrected chi connectivity index (χ0v) is 13.5. The van der Waals surface area contributed by atoms with E-state index >= 15 is 0 Å². The number of likely N-dealkylation sites (N-methyl/N-ethyl adjacent to an activating group) is 1. The molecule has 0 aliphatic carbocycles. The van der Waals surface area contributed by atoms with Crippen LogP contribution in [0.15, 0.2) is 28.7 Å². The number of nitrogens with zero attached hydrogens (tertiary/aromatic N) is 2. The number of hydrogen-bond acceptors (Lipinski definition) is 2. The molecule has 4 heteroatoms. The lowest BCUT2D eigenvalue weighted by molar-refractivity contribution is 0.0664. The molecule has 108 valence electrons. The minimum absolute atomic E-state index is 0.189. The van der Waals surface area contributed by atoms with Crippen LogP contribution in [0.1, 0.15) is 36.0 Å². The van der Waals surface area contributed by atoms with Crippen LogP contribution in [-0.2, 0) is 0 Å². The standard InChI is InChI=1S/C16H21BrN2O/c1-18-9-3-7-14(18)15-8-4-10-19(15)16(20)12-5-2-6-13(17)11-12/h2,5-6,11,14-15H,3-4,7-10H2,1H3/t14-,15+/m1/s1. The van der Waals surface area contributed by atoms with Crippen molar-refractivity contribution in [3.05, 3.63) is 34.3 Å². The van der Waals surface area contributed by atoms with Crippen LogP contribution in [0.4, 0.5) is 0 Å². The van der Waals surface area contributed by atoms with Gasteiger partial charge in [0.25, 0.3) is 5.91 Å². The third-order valence-electron chi connectivity index (χ3n) is 4.65. The van der Waals surface area contributed by atoms with E-state index in [2.05, 4.69) is 32.8 Å². The smallest absolute Gasteiger partial charge is 0.254 e. The topological polar surface area (TPSA) is 23.6 Å². The summed E-state index contributed by atoms with van der Waals surface area (Å²) in [6.07, 6.45) is 4.77. The zero-order chi connectivity index (χ0) is 14.1. The molecule has 20 heavy (non-hydrogen) atoms. The van der Waals surface area contributed by atoms with Crippen molar-refractivity contribution < 1.29 is 4.79 Å². The molecule has 2 aliphatic rings. The average molecular weight is 337 g/mol. The van der Waals surface area contributed by atoms with E-state index in [1.807, 2.05) is 24.3 Å². The molecule has 2 heterocycles. The van der Waals surface area contributed by atoms with Gasteiger partial charge in [0.1, 0.15) is 0 Å². The van der Waals surface area contributed by atoms with Crippen LogP contribution in [0.5, 0.6) is 0 Å². The predicted octanol–water partition coefficient (Wildman–Crippen LogP) is 3.15. The van der Waals surface area contributed by atoms with E-state index in [0.717, 1.165) is 29.4 Å². The summed E-state index contributed by atoms with van der Waals surface area (Å²) in [5.74, 6) is 0.189. The largest absolute Gasteiger partial charge is 0.334 e. The van der Waals surface area contributed by atoms with Crippen molar-refractivity contribution in [1.82, 2.24) is 9.80 Å². The third-order valence-corrected chi connectivity index (χ3v) is 5.15. The molecular weight excluding hydrogens is 316 g/mol. The summed E-state index contributed by atoms with van der Waals surface area (Å²) >= 11 is 3.45. The van der Waals surface area contributed by atoms with Crippen LogP contribution in [0, 0.1) is 0 Å². The summed E-state index contributed by atoms with van der Waals surface area (Å²) < 4.78 is 0.970.